The number of anilines is 1. The van der Waals surface area contributed by atoms with Crippen LogP contribution in [-0.2, 0) is 0 Å². The number of nitrogens with two attached hydrogens (primary N) is 1. The average molecular weight is 211 g/mol. The first-order valence-electron chi connectivity index (χ1n) is 4.07. The van der Waals surface area contributed by atoms with Gasteiger partial charge in [-0.2, -0.15) is 5.10 Å². The predicted molar refractivity (Wildman–Crippen MR) is 50.0 cm³/mol. The number of aromatic amines is 1. The number of nitrogens with zero attached hydrogens (tertiary/aromatic N) is 1. The molecule has 0 spiro atoms. The van der Waals surface area contributed by atoms with Gasteiger partial charge in [0.2, 0.25) is 0 Å². The second-order valence-electron chi connectivity index (χ2n) is 2.98. The fraction of sp³-hybridized carbons (Fsp3) is 0. The van der Waals surface area contributed by atoms with Crippen molar-refractivity contribution in [2.75, 3.05) is 5.73 Å². The number of phenols is 1. The standard InChI is InChI=1S/C9H7F2N3O/c10-4-1-5(9(15)6(11)2-4)8-7(12)3-13-14-8/h1-3,15H,12H2,(H,13,14). The van der Waals surface area contributed by atoms with Crippen molar-refractivity contribution in [2.45, 2.75) is 0 Å². The molecule has 4 nitrogen and oxygen atoms in total. The van der Waals surface area contributed by atoms with Crippen molar-refractivity contribution in [3.63, 3.8) is 0 Å². The maximum absolute atomic E-state index is 13.0. The van der Waals surface area contributed by atoms with Gasteiger partial charge in [-0.1, -0.05) is 0 Å². The van der Waals surface area contributed by atoms with E-state index in [1.54, 1.807) is 0 Å². The van der Waals surface area contributed by atoms with Gasteiger partial charge in [-0.15, -0.1) is 0 Å². The van der Waals surface area contributed by atoms with Gasteiger partial charge in [-0.25, -0.2) is 8.78 Å². The molecule has 0 bridgehead atoms. The van der Waals surface area contributed by atoms with Crippen LogP contribution in [0.5, 0.6) is 5.75 Å². The van der Waals surface area contributed by atoms with Crippen molar-refractivity contribution >= 4 is 5.69 Å². The smallest absolute Gasteiger partial charge is 0.168 e. The SMILES string of the molecule is Nc1cn[nH]c1-c1cc(F)cc(F)c1O. The minimum absolute atomic E-state index is 0.0532. The highest BCUT2D eigenvalue weighted by Crippen LogP contribution is 2.33. The summed E-state index contributed by atoms with van der Waals surface area (Å²) in [4.78, 5) is 0. The summed E-state index contributed by atoms with van der Waals surface area (Å²) in [5.74, 6) is -2.50. The van der Waals surface area contributed by atoms with Gasteiger partial charge in [0.05, 0.1) is 17.6 Å². The highest BCUT2D eigenvalue weighted by atomic mass is 19.1. The van der Waals surface area contributed by atoms with Crippen LogP contribution < -0.4 is 5.73 Å². The van der Waals surface area contributed by atoms with Crippen LogP contribution in [0.2, 0.25) is 0 Å². The molecule has 6 heteroatoms. The topological polar surface area (TPSA) is 74.9 Å². The van der Waals surface area contributed by atoms with Crippen molar-refractivity contribution in [2.24, 2.45) is 0 Å². The molecule has 2 rings (SSSR count). The van der Waals surface area contributed by atoms with E-state index in [0.717, 1.165) is 6.07 Å². The Morgan fingerprint density at radius 1 is 1.33 bits per heavy atom. The van der Waals surface area contributed by atoms with E-state index in [-0.39, 0.29) is 16.9 Å². The zero-order valence-corrected chi connectivity index (χ0v) is 7.46. The third-order valence-electron chi connectivity index (χ3n) is 1.97. The highest BCUT2D eigenvalue weighted by molar-refractivity contribution is 5.76. The number of aromatic nitrogens is 2. The first-order valence-corrected chi connectivity index (χ1v) is 4.07. The summed E-state index contributed by atoms with van der Waals surface area (Å²) >= 11 is 0. The van der Waals surface area contributed by atoms with Crippen molar-refractivity contribution in [1.29, 1.82) is 0 Å². The Morgan fingerprint density at radius 2 is 2.07 bits per heavy atom. The number of benzene rings is 1. The molecule has 1 aromatic carbocycles. The Hall–Kier alpha value is -2.11. The summed E-state index contributed by atoms with van der Waals surface area (Å²) in [5, 5.41) is 15.4. The summed E-state index contributed by atoms with van der Waals surface area (Å²) < 4.78 is 25.9. The van der Waals surface area contributed by atoms with Crippen LogP contribution in [-0.4, -0.2) is 15.3 Å². The summed E-state index contributed by atoms with van der Waals surface area (Å²) in [6.07, 6.45) is 1.29. The van der Waals surface area contributed by atoms with E-state index in [1.165, 1.54) is 6.20 Å². The third kappa shape index (κ3) is 1.50. The van der Waals surface area contributed by atoms with Crippen molar-refractivity contribution in [3.8, 4) is 17.0 Å². The first kappa shape index (κ1) is 9.45. The minimum Gasteiger partial charge on any atom is -0.504 e. The summed E-state index contributed by atoms with van der Waals surface area (Å²) in [6, 6.07) is 1.56. The number of hydrogen-bond donors (Lipinski definition) is 3. The molecule has 0 aliphatic heterocycles. The van der Waals surface area contributed by atoms with Gasteiger partial charge in [0.25, 0.3) is 0 Å². The van der Waals surface area contributed by atoms with Crippen LogP contribution in [0.1, 0.15) is 0 Å². The van der Waals surface area contributed by atoms with E-state index in [0.29, 0.717) is 6.07 Å². The zero-order valence-electron chi connectivity index (χ0n) is 7.46. The monoisotopic (exact) mass is 211 g/mol. The molecule has 0 aliphatic carbocycles. The lowest BCUT2D eigenvalue weighted by atomic mass is 10.1. The van der Waals surface area contributed by atoms with Gasteiger partial charge in [0.1, 0.15) is 5.82 Å². The van der Waals surface area contributed by atoms with Gasteiger partial charge < -0.3 is 10.8 Å². The Kier molecular flexibility index (Phi) is 2.03. The van der Waals surface area contributed by atoms with Crippen LogP contribution in [0.3, 0.4) is 0 Å². The minimum atomic E-state index is -1.04. The molecule has 0 radical (unpaired) electrons. The lowest BCUT2D eigenvalue weighted by molar-refractivity contribution is 0.430. The molecule has 0 aliphatic rings. The van der Waals surface area contributed by atoms with E-state index in [4.69, 9.17) is 5.73 Å². The van der Waals surface area contributed by atoms with Crippen LogP contribution in [0.25, 0.3) is 11.3 Å². The number of nitrogen functional groups attached to an aromatic ring is 1. The molecular weight excluding hydrogens is 204 g/mol. The van der Waals surface area contributed by atoms with Crippen LogP contribution in [0.4, 0.5) is 14.5 Å². The van der Waals surface area contributed by atoms with Gasteiger partial charge in [-0.05, 0) is 6.07 Å². The van der Waals surface area contributed by atoms with Crippen LogP contribution in [0.15, 0.2) is 18.3 Å². The summed E-state index contributed by atoms with van der Waals surface area (Å²) in [6.45, 7) is 0. The molecule has 15 heavy (non-hydrogen) atoms. The van der Waals surface area contributed by atoms with Crippen LogP contribution in [0, 0.1) is 11.6 Å². The third-order valence-corrected chi connectivity index (χ3v) is 1.97. The molecule has 1 aromatic heterocycles. The Balaban J connectivity index is 2.68. The molecule has 0 atom stereocenters. The molecule has 0 fully saturated rings. The van der Waals surface area contributed by atoms with Crippen molar-refractivity contribution in [1.82, 2.24) is 10.2 Å². The second-order valence-corrected chi connectivity index (χ2v) is 2.98. The number of phenolic OH excluding ortho intramolecular Hbond substituents is 1. The fourth-order valence-electron chi connectivity index (χ4n) is 1.27. The summed E-state index contributed by atoms with van der Waals surface area (Å²) in [7, 11) is 0. The summed E-state index contributed by atoms with van der Waals surface area (Å²) in [5.41, 5.74) is 5.83. The van der Waals surface area contributed by atoms with E-state index < -0.39 is 17.4 Å². The van der Waals surface area contributed by atoms with Crippen LogP contribution >= 0.6 is 0 Å². The molecule has 1 heterocycles. The predicted octanol–water partition coefficient (Wildman–Crippen LogP) is 1.64. The Morgan fingerprint density at radius 3 is 2.67 bits per heavy atom. The van der Waals surface area contributed by atoms with E-state index in [9.17, 15) is 13.9 Å². The molecule has 0 unspecified atom stereocenters. The lowest BCUT2D eigenvalue weighted by Gasteiger charge is -2.04. The molecule has 0 saturated carbocycles. The van der Waals surface area contributed by atoms with Gasteiger partial charge in [0, 0.05) is 11.6 Å². The highest BCUT2D eigenvalue weighted by Gasteiger charge is 2.15. The Bertz CT molecular complexity index is 510. The molecule has 78 valence electrons. The second kappa shape index (κ2) is 3.23. The molecule has 2 aromatic rings. The largest absolute Gasteiger partial charge is 0.504 e. The first-order chi connectivity index (χ1) is 7.09. The quantitative estimate of drug-likeness (QED) is 0.671. The van der Waals surface area contributed by atoms with Gasteiger partial charge >= 0.3 is 0 Å². The number of aromatic hydroxyl groups is 1. The zero-order chi connectivity index (χ0) is 11.0. The van der Waals surface area contributed by atoms with E-state index in [1.807, 2.05) is 0 Å². The number of hydrogen-bond acceptors (Lipinski definition) is 3. The number of H-pyrrole nitrogens is 1. The molecule has 0 amide bonds. The average Bonchev–Trinajstić information content (AvgIpc) is 2.58. The maximum atomic E-state index is 13.0. The Labute approximate surface area is 83.4 Å². The fourth-order valence-corrected chi connectivity index (χ4v) is 1.27. The molecular formula is C9H7F2N3O. The van der Waals surface area contributed by atoms with Crippen molar-refractivity contribution in [3.05, 3.63) is 30.0 Å². The normalized spacial score (nSPS) is 10.5. The number of nitrogens with one attached hydrogen (secondary N) is 1. The van der Waals surface area contributed by atoms with Crippen molar-refractivity contribution < 1.29 is 13.9 Å². The number of rotatable bonds is 1. The van der Waals surface area contributed by atoms with E-state index >= 15 is 0 Å². The number of halogens is 2. The van der Waals surface area contributed by atoms with E-state index in [2.05, 4.69) is 10.2 Å². The lowest BCUT2D eigenvalue weighted by Crippen LogP contribution is -1.90. The molecule has 0 saturated heterocycles. The maximum Gasteiger partial charge on any atom is 0.168 e. The van der Waals surface area contributed by atoms with Gasteiger partial charge in [-0.3, -0.25) is 5.10 Å². The van der Waals surface area contributed by atoms with Gasteiger partial charge in [0.15, 0.2) is 11.6 Å². The molecule has 4 N–H and O–H groups in total.